The molecule has 0 aromatic rings. The summed E-state index contributed by atoms with van der Waals surface area (Å²) < 4.78 is 17.1. The van der Waals surface area contributed by atoms with Crippen molar-refractivity contribution in [2.75, 3.05) is 0 Å². The molecular formula is MnO8P2Ti. The Morgan fingerprint density at radius 3 is 0.667 bits per heavy atom. The van der Waals surface area contributed by atoms with Crippen molar-refractivity contribution in [2.45, 2.75) is 0 Å². The maximum Gasteiger partial charge on any atom is 4.00 e. The molecule has 8 nitrogen and oxygen atoms in total. The van der Waals surface area contributed by atoms with Crippen molar-refractivity contribution in [1.82, 2.24) is 0 Å². The normalized spacial score (nSPS) is 9.83. The minimum absolute atomic E-state index is 0. The van der Waals surface area contributed by atoms with Crippen LogP contribution < -0.4 is 29.4 Å². The molecule has 0 amide bonds. The molecule has 1 radical (unpaired) electrons. The Morgan fingerprint density at radius 2 is 0.667 bits per heavy atom. The predicted molar refractivity (Wildman–Crippen MR) is 15.2 cm³/mol. The molecule has 0 unspecified atom stereocenters. The first kappa shape index (κ1) is 23.3. The van der Waals surface area contributed by atoms with Gasteiger partial charge in [0.2, 0.25) is 0 Å². The third kappa shape index (κ3) is 592. The van der Waals surface area contributed by atoms with Crippen LogP contribution in [0.3, 0.4) is 0 Å². The molecule has 0 saturated heterocycles. The second-order valence-electron chi connectivity index (χ2n) is 0.894. The van der Waals surface area contributed by atoms with Crippen molar-refractivity contribution in [1.29, 1.82) is 0 Å². The van der Waals surface area contributed by atoms with E-state index in [0.29, 0.717) is 0 Å². The zero-order chi connectivity index (χ0) is 9.00. The van der Waals surface area contributed by atoms with E-state index in [2.05, 4.69) is 0 Å². The topological polar surface area (TPSA) is 172 Å². The standard InChI is InChI=1S/Mn.2H3O4P.Ti/c;2*1-5(2,3)4;/h;2*(H3,1,2,3,4);/q+2;;;+4/p-6. The van der Waals surface area contributed by atoms with Crippen LogP contribution in [0.1, 0.15) is 0 Å². The first-order valence-corrected chi connectivity index (χ1v) is 4.38. The van der Waals surface area contributed by atoms with Crippen molar-refractivity contribution in [3.05, 3.63) is 0 Å². The van der Waals surface area contributed by atoms with Crippen molar-refractivity contribution >= 4 is 15.6 Å². The van der Waals surface area contributed by atoms with Gasteiger partial charge in [-0.1, -0.05) is 0 Å². The van der Waals surface area contributed by atoms with Crippen LogP contribution in [0.5, 0.6) is 0 Å². The van der Waals surface area contributed by atoms with Gasteiger partial charge in [-0.2, -0.15) is 15.6 Å². The summed E-state index contributed by atoms with van der Waals surface area (Å²) in [5.74, 6) is 0. The van der Waals surface area contributed by atoms with E-state index in [0.717, 1.165) is 0 Å². The third-order valence-corrected chi connectivity index (χ3v) is 0. The molecule has 0 bridgehead atoms. The molecule has 69 valence electrons. The van der Waals surface area contributed by atoms with Crippen LogP contribution in [0.25, 0.3) is 0 Å². The first-order chi connectivity index (χ1) is 4.00. The maximum atomic E-state index is 8.55. The summed E-state index contributed by atoms with van der Waals surface area (Å²) in [7, 11) is -10.8. The van der Waals surface area contributed by atoms with Crippen molar-refractivity contribution < 1.29 is 77.3 Å². The number of rotatable bonds is 0. The SMILES string of the molecule is O=P([O-])([O-])[O-].O=P([O-])([O-])[O-].[Mn+2].[Ti+4]. The van der Waals surface area contributed by atoms with E-state index in [1.807, 2.05) is 0 Å². The van der Waals surface area contributed by atoms with Crippen LogP contribution in [-0.2, 0) is 47.9 Å². The largest absolute Gasteiger partial charge is 4.00 e. The Labute approximate surface area is 92.8 Å². The van der Waals surface area contributed by atoms with E-state index < -0.39 is 15.6 Å². The fourth-order valence-electron chi connectivity index (χ4n) is 0. The van der Waals surface area contributed by atoms with E-state index in [9.17, 15) is 0 Å². The summed E-state index contributed by atoms with van der Waals surface area (Å²) in [5, 5.41) is 0. The molecule has 0 aliphatic carbocycles. The molecule has 0 fully saturated rings. The summed E-state index contributed by atoms with van der Waals surface area (Å²) in [4.78, 5) is 51.3. The molecule has 0 rings (SSSR count). The van der Waals surface area contributed by atoms with Crippen LogP contribution in [0.4, 0.5) is 0 Å². The Bertz CT molecular complexity index is 129. The van der Waals surface area contributed by atoms with Gasteiger partial charge in [-0.25, -0.2) is 0 Å². The fourth-order valence-corrected chi connectivity index (χ4v) is 0. The average molecular weight is 293 g/mol. The minimum Gasteiger partial charge on any atom is -0.822 e. The van der Waals surface area contributed by atoms with Gasteiger partial charge in [0.25, 0.3) is 0 Å². The molecular weight excluding hydrogens is 293 g/mol. The molecule has 0 saturated carbocycles. The van der Waals surface area contributed by atoms with Gasteiger partial charge in [-0.05, 0) is 0 Å². The number of hydrogen-bond donors (Lipinski definition) is 0. The van der Waals surface area contributed by atoms with E-state index >= 15 is 0 Å². The predicted octanol–water partition coefficient (Wildman–Crippen LogP) is -5.65. The molecule has 0 heterocycles. The summed E-state index contributed by atoms with van der Waals surface area (Å²) in [6, 6.07) is 0. The quantitative estimate of drug-likeness (QED) is 0.313. The van der Waals surface area contributed by atoms with Crippen molar-refractivity contribution in [3.8, 4) is 0 Å². The molecule has 12 heteroatoms. The van der Waals surface area contributed by atoms with Gasteiger partial charge in [0, 0.05) is 0 Å². The van der Waals surface area contributed by atoms with Gasteiger partial charge in [0.15, 0.2) is 0 Å². The second kappa shape index (κ2) is 9.03. The Kier molecular flexibility index (Phi) is 17.6. The smallest absolute Gasteiger partial charge is 0.822 e. The van der Waals surface area contributed by atoms with Gasteiger partial charge in [-0.3, -0.25) is 0 Å². The monoisotopic (exact) mass is 293 g/mol. The van der Waals surface area contributed by atoms with Gasteiger partial charge >= 0.3 is 38.8 Å². The zero-order valence-corrected chi connectivity index (χ0v) is 9.57. The van der Waals surface area contributed by atoms with Crippen molar-refractivity contribution in [3.63, 3.8) is 0 Å². The molecule has 0 atom stereocenters. The first-order valence-electron chi connectivity index (χ1n) is 1.46. The molecule has 0 aliphatic rings. The van der Waals surface area contributed by atoms with Crippen LogP contribution in [-0.4, -0.2) is 0 Å². The van der Waals surface area contributed by atoms with E-state index in [-0.39, 0.29) is 38.8 Å². The molecule has 0 N–H and O–H groups in total. The van der Waals surface area contributed by atoms with Gasteiger partial charge in [0.1, 0.15) is 0 Å². The summed E-state index contributed by atoms with van der Waals surface area (Å²) >= 11 is 0. The van der Waals surface area contributed by atoms with Crippen LogP contribution in [0.15, 0.2) is 0 Å². The van der Waals surface area contributed by atoms with Crippen LogP contribution >= 0.6 is 15.6 Å². The third-order valence-electron chi connectivity index (χ3n) is 0. The van der Waals surface area contributed by atoms with Crippen molar-refractivity contribution in [2.24, 2.45) is 0 Å². The minimum atomic E-state index is -5.39. The molecule has 0 aromatic heterocycles. The number of phosphoric acid groups is 2. The molecule has 0 spiro atoms. The Hall–Kier alpha value is 1.45. The summed E-state index contributed by atoms with van der Waals surface area (Å²) in [6.45, 7) is 0. The average Bonchev–Trinajstić information content (AvgIpc) is 1.12. The van der Waals surface area contributed by atoms with Gasteiger partial charge in [0.05, 0.1) is 0 Å². The van der Waals surface area contributed by atoms with Crippen LogP contribution in [0, 0.1) is 0 Å². The zero-order valence-electron chi connectivity index (χ0n) is 5.04. The van der Waals surface area contributed by atoms with E-state index in [1.165, 1.54) is 0 Å². The number of hydrogen-bond acceptors (Lipinski definition) is 8. The molecule has 12 heavy (non-hydrogen) atoms. The molecule has 0 aromatic carbocycles. The second-order valence-corrected chi connectivity index (χ2v) is 2.68. The summed E-state index contributed by atoms with van der Waals surface area (Å²) in [5.41, 5.74) is 0. The van der Waals surface area contributed by atoms with Gasteiger partial charge < -0.3 is 38.5 Å². The van der Waals surface area contributed by atoms with Crippen LogP contribution in [0.2, 0.25) is 0 Å². The molecule has 0 aliphatic heterocycles. The van der Waals surface area contributed by atoms with Gasteiger partial charge in [-0.15, -0.1) is 0 Å². The van der Waals surface area contributed by atoms with E-state index in [1.54, 1.807) is 0 Å². The Morgan fingerprint density at radius 1 is 0.667 bits per heavy atom. The fraction of sp³-hybridized carbons (Fsp3) is 0. The Balaban J connectivity index is -0.0000000457. The van der Waals surface area contributed by atoms with E-state index in [4.69, 9.17) is 38.5 Å². The maximum absolute atomic E-state index is 8.55. The summed E-state index contributed by atoms with van der Waals surface area (Å²) in [6.07, 6.45) is 0.